The first-order valence-corrected chi connectivity index (χ1v) is 8.90. The molecule has 0 aliphatic rings. The van der Waals surface area contributed by atoms with Crippen LogP contribution in [0.15, 0.2) is 29.2 Å². The summed E-state index contributed by atoms with van der Waals surface area (Å²) in [6, 6.07) is 6.77. The molecule has 0 heterocycles. The fourth-order valence-corrected chi connectivity index (χ4v) is 3.59. The second-order valence-electron chi connectivity index (χ2n) is 4.29. The lowest BCUT2D eigenvalue weighted by Crippen LogP contribution is -2.34. The molecule has 0 aliphatic heterocycles. The standard InChI is InChI=1S/C13H20INO3S/c1-2-3-4-9-15(10-11-16)19(17,18)13-7-5-12(14)6-8-13/h5-8,16H,2-4,9-11H2,1H3. The summed E-state index contributed by atoms with van der Waals surface area (Å²) >= 11 is 2.14. The zero-order chi connectivity index (χ0) is 14.3. The molecule has 19 heavy (non-hydrogen) atoms. The SMILES string of the molecule is CCCCCN(CCO)S(=O)(=O)c1ccc(I)cc1. The van der Waals surface area contributed by atoms with E-state index in [-0.39, 0.29) is 18.0 Å². The minimum absolute atomic E-state index is 0.151. The summed E-state index contributed by atoms with van der Waals surface area (Å²) in [5, 5.41) is 9.04. The van der Waals surface area contributed by atoms with Crippen molar-refractivity contribution < 1.29 is 13.5 Å². The maximum Gasteiger partial charge on any atom is 0.243 e. The molecule has 6 heteroatoms. The molecular formula is C13H20INO3S. The molecule has 0 radical (unpaired) electrons. The monoisotopic (exact) mass is 397 g/mol. The molecule has 1 rings (SSSR count). The van der Waals surface area contributed by atoms with Crippen LogP contribution in [-0.2, 0) is 10.0 Å². The van der Waals surface area contributed by atoms with Gasteiger partial charge in [0, 0.05) is 16.7 Å². The number of hydrogen-bond donors (Lipinski definition) is 1. The Morgan fingerprint density at radius 2 is 1.79 bits per heavy atom. The van der Waals surface area contributed by atoms with E-state index in [2.05, 4.69) is 29.5 Å². The molecule has 0 saturated carbocycles. The Morgan fingerprint density at radius 1 is 1.16 bits per heavy atom. The lowest BCUT2D eigenvalue weighted by molar-refractivity contribution is 0.252. The van der Waals surface area contributed by atoms with Gasteiger partial charge in [0.05, 0.1) is 11.5 Å². The molecule has 0 bridgehead atoms. The van der Waals surface area contributed by atoms with Crippen LogP contribution in [0.2, 0.25) is 0 Å². The first kappa shape index (κ1) is 16.9. The van der Waals surface area contributed by atoms with Gasteiger partial charge in [-0.3, -0.25) is 0 Å². The number of nitrogens with zero attached hydrogens (tertiary/aromatic N) is 1. The number of sulfonamides is 1. The Balaban J connectivity index is 2.88. The van der Waals surface area contributed by atoms with Crippen LogP contribution in [0.5, 0.6) is 0 Å². The summed E-state index contributed by atoms with van der Waals surface area (Å²) in [4.78, 5) is 0.290. The fourth-order valence-electron chi connectivity index (χ4n) is 1.76. The van der Waals surface area contributed by atoms with Gasteiger partial charge in [-0.2, -0.15) is 4.31 Å². The number of aliphatic hydroxyl groups is 1. The van der Waals surface area contributed by atoms with Crippen molar-refractivity contribution in [2.45, 2.75) is 31.1 Å². The Kier molecular flexibility index (Phi) is 7.27. The number of unbranched alkanes of at least 4 members (excludes halogenated alkanes) is 2. The minimum Gasteiger partial charge on any atom is -0.395 e. The van der Waals surface area contributed by atoms with Crippen LogP contribution in [0.25, 0.3) is 0 Å². The van der Waals surface area contributed by atoms with E-state index in [1.165, 1.54) is 4.31 Å². The van der Waals surface area contributed by atoms with Crippen molar-refractivity contribution in [3.05, 3.63) is 27.8 Å². The Bertz CT molecular complexity index is 473. The molecular weight excluding hydrogens is 377 g/mol. The molecule has 1 aromatic carbocycles. The van der Waals surface area contributed by atoms with Gasteiger partial charge in [0.25, 0.3) is 0 Å². The van der Waals surface area contributed by atoms with E-state index in [9.17, 15) is 8.42 Å². The highest BCUT2D eigenvalue weighted by Gasteiger charge is 2.23. The molecule has 0 saturated heterocycles. The fraction of sp³-hybridized carbons (Fsp3) is 0.538. The number of hydrogen-bond acceptors (Lipinski definition) is 3. The van der Waals surface area contributed by atoms with Crippen molar-refractivity contribution in [3.8, 4) is 0 Å². The smallest absolute Gasteiger partial charge is 0.243 e. The molecule has 108 valence electrons. The van der Waals surface area contributed by atoms with Gasteiger partial charge < -0.3 is 5.11 Å². The number of aliphatic hydroxyl groups excluding tert-OH is 1. The zero-order valence-corrected chi connectivity index (χ0v) is 14.0. The molecule has 0 spiro atoms. The van der Waals surface area contributed by atoms with Crippen LogP contribution in [0.3, 0.4) is 0 Å². The largest absolute Gasteiger partial charge is 0.395 e. The van der Waals surface area contributed by atoms with Gasteiger partial charge in [-0.25, -0.2) is 8.42 Å². The van der Waals surface area contributed by atoms with Crippen LogP contribution in [0.4, 0.5) is 0 Å². The maximum atomic E-state index is 12.4. The van der Waals surface area contributed by atoms with E-state index in [1.807, 2.05) is 0 Å². The molecule has 1 aromatic rings. The van der Waals surface area contributed by atoms with Gasteiger partial charge in [0.2, 0.25) is 10.0 Å². The van der Waals surface area contributed by atoms with Crippen molar-refractivity contribution in [2.75, 3.05) is 19.7 Å². The van der Waals surface area contributed by atoms with Gasteiger partial charge in [0.15, 0.2) is 0 Å². The number of halogens is 1. The topological polar surface area (TPSA) is 57.6 Å². The third-order valence-electron chi connectivity index (χ3n) is 2.81. The van der Waals surface area contributed by atoms with E-state index >= 15 is 0 Å². The average Bonchev–Trinajstić information content (AvgIpc) is 2.38. The summed E-state index contributed by atoms with van der Waals surface area (Å²) < 4.78 is 27.2. The Labute approximate surface area is 129 Å². The van der Waals surface area contributed by atoms with Crippen LogP contribution in [0.1, 0.15) is 26.2 Å². The lowest BCUT2D eigenvalue weighted by atomic mass is 10.2. The van der Waals surface area contributed by atoms with Crippen molar-refractivity contribution in [1.29, 1.82) is 0 Å². The summed E-state index contributed by atoms with van der Waals surface area (Å²) in [6.07, 6.45) is 2.85. The molecule has 0 aliphatic carbocycles. The van der Waals surface area contributed by atoms with Gasteiger partial charge in [-0.1, -0.05) is 19.8 Å². The predicted molar refractivity (Wildman–Crippen MR) is 84.5 cm³/mol. The normalized spacial score (nSPS) is 12.0. The second kappa shape index (κ2) is 8.18. The minimum atomic E-state index is -3.49. The average molecular weight is 397 g/mol. The maximum absolute atomic E-state index is 12.4. The third-order valence-corrected chi connectivity index (χ3v) is 5.44. The Morgan fingerprint density at radius 3 is 2.32 bits per heavy atom. The van der Waals surface area contributed by atoms with Crippen molar-refractivity contribution in [3.63, 3.8) is 0 Å². The quantitative estimate of drug-likeness (QED) is 0.542. The molecule has 0 aromatic heterocycles. The number of benzene rings is 1. The van der Waals surface area contributed by atoms with Gasteiger partial charge in [0.1, 0.15) is 0 Å². The summed E-state index contributed by atoms with van der Waals surface area (Å²) in [5.74, 6) is 0. The highest BCUT2D eigenvalue weighted by molar-refractivity contribution is 14.1. The third kappa shape index (κ3) is 5.02. The summed E-state index contributed by atoms with van der Waals surface area (Å²) in [7, 11) is -3.49. The van der Waals surface area contributed by atoms with E-state index in [4.69, 9.17) is 5.11 Å². The highest BCUT2D eigenvalue weighted by Crippen LogP contribution is 2.17. The van der Waals surface area contributed by atoms with Gasteiger partial charge >= 0.3 is 0 Å². The first-order chi connectivity index (χ1) is 9.02. The van der Waals surface area contributed by atoms with Crippen molar-refractivity contribution in [2.24, 2.45) is 0 Å². The summed E-state index contributed by atoms with van der Waals surface area (Å²) in [5.41, 5.74) is 0. The van der Waals surface area contributed by atoms with E-state index in [1.54, 1.807) is 24.3 Å². The van der Waals surface area contributed by atoms with Crippen molar-refractivity contribution >= 4 is 32.6 Å². The van der Waals surface area contributed by atoms with Gasteiger partial charge in [-0.05, 0) is 53.3 Å². The second-order valence-corrected chi connectivity index (χ2v) is 7.47. The molecule has 0 fully saturated rings. The lowest BCUT2D eigenvalue weighted by Gasteiger charge is -2.21. The number of rotatable bonds is 8. The molecule has 1 N–H and O–H groups in total. The van der Waals surface area contributed by atoms with E-state index < -0.39 is 10.0 Å². The van der Waals surface area contributed by atoms with Crippen LogP contribution in [-0.4, -0.2) is 37.5 Å². The molecule has 0 unspecified atom stereocenters. The van der Waals surface area contributed by atoms with Crippen LogP contribution < -0.4 is 0 Å². The van der Waals surface area contributed by atoms with Gasteiger partial charge in [-0.15, -0.1) is 0 Å². The Hall–Kier alpha value is -0.180. The predicted octanol–water partition coefficient (Wildman–Crippen LogP) is 2.46. The molecule has 0 amide bonds. The summed E-state index contributed by atoms with van der Waals surface area (Å²) in [6.45, 7) is 2.53. The van der Waals surface area contributed by atoms with E-state index in [0.717, 1.165) is 22.8 Å². The molecule has 0 atom stereocenters. The highest BCUT2D eigenvalue weighted by atomic mass is 127. The van der Waals surface area contributed by atoms with Crippen molar-refractivity contribution in [1.82, 2.24) is 4.31 Å². The van der Waals surface area contributed by atoms with E-state index in [0.29, 0.717) is 6.54 Å². The molecule has 4 nitrogen and oxygen atoms in total. The van der Waals surface area contributed by atoms with Crippen LogP contribution >= 0.6 is 22.6 Å². The first-order valence-electron chi connectivity index (χ1n) is 6.39. The van der Waals surface area contributed by atoms with Crippen LogP contribution in [0, 0.1) is 3.57 Å². The zero-order valence-electron chi connectivity index (χ0n) is 11.0.